The Labute approximate surface area is 148 Å². The first kappa shape index (κ1) is 18.8. The van der Waals surface area contributed by atoms with Crippen LogP contribution in [-0.4, -0.2) is 45.7 Å². The number of carbonyl (C=O) groups is 1. The van der Waals surface area contributed by atoms with Gasteiger partial charge in [-0.2, -0.15) is 0 Å². The van der Waals surface area contributed by atoms with E-state index < -0.39 is 10.0 Å². The fraction of sp³-hybridized carbons (Fsp3) is 0.278. The van der Waals surface area contributed by atoms with Crippen molar-refractivity contribution < 1.29 is 17.9 Å². The molecule has 2 aromatic rings. The molecule has 134 valence electrons. The summed E-state index contributed by atoms with van der Waals surface area (Å²) in [6.07, 6.45) is 1.05. The third-order valence-corrected chi connectivity index (χ3v) is 4.11. The van der Waals surface area contributed by atoms with Gasteiger partial charge in [-0.25, -0.2) is 8.42 Å². The minimum absolute atomic E-state index is 0.265. The van der Waals surface area contributed by atoms with E-state index in [-0.39, 0.29) is 11.6 Å². The second-order valence-electron chi connectivity index (χ2n) is 5.81. The molecule has 2 rings (SSSR count). The van der Waals surface area contributed by atoms with E-state index in [0.717, 1.165) is 17.6 Å². The van der Waals surface area contributed by atoms with Gasteiger partial charge in [-0.1, -0.05) is 29.8 Å². The SMILES string of the molecule is Cc1ccc(OCCN(C)C(=O)c2ccccc2NS(C)(=O)=O)cc1. The molecule has 0 unspecified atom stereocenters. The average Bonchev–Trinajstić information content (AvgIpc) is 2.55. The third-order valence-electron chi connectivity index (χ3n) is 3.52. The number of hydrogen-bond acceptors (Lipinski definition) is 4. The van der Waals surface area contributed by atoms with Gasteiger partial charge < -0.3 is 9.64 Å². The summed E-state index contributed by atoms with van der Waals surface area (Å²) in [6, 6.07) is 14.2. The fourth-order valence-electron chi connectivity index (χ4n) is 2.20. The van der Waals surface area contributed by atoms with E-state index in [1.807, 2.05) is 31.2 Å². The predicted molar refractivity (Wildman–Crippen MR) is 98.5 cm³/mol. The first-order valence-corrected chi connectivity index (χ1v) is 9.67. The van der Waals surface area contributed by atoms with Crippen molar-refractivity contribution in [2.24, 2.45) is 0 Å². The number of nitrogens with one attached hydrogen (secondary N) is 1. The van der Waals surface area contributed by atoms with Crippen LogP contribution in [0.1, 0.15) is 15.9 Å². The van der Waals surface area contributed by atoms with E-state index in [1.54, 1.807) is 31.3 Å². The van der Waals surface area contributed by atoms with Crippen LogP contribution in [0, 0.1) is 6.92 Å². The largest absolute Gasteiger partial charge is 0.492 e. The van der Waals surface area contributed by atoms with Crippen LogP contribution in [-0.2, 0) is 10.0 Å². The average molecular weight is 362 g/mol. The Morgan fingerprint density at radius 1 is 1.12 bits per heavy atom. The smallest absolute Gasteiger partial charge is 0.255 e. The highest BCUT2D eigenvalue weighted by atomic mass is 32.2. The summed E-state index contributed by atoms with van der Waals surface area (Å²) in [5.74, 6) is 0.463. The molecule has 0 aliphatic carbocycles. The molecule has 0 heterocycles. The zero-order valence-corrected chi connectivity index (χ0v) is 15.3. The number of para-hydroxylation sites is 1. The highest BCUT2D eigenvalue weighted by Crippen LogP contribution is 2.18. The fourth-order valence-corrected chi connectivity index (χ4v) is 2.78. The zero-order valence-electron chi connectivity index (χ0n) is 14.5. The highest BCUT2D eigenvalue weighted by molar-refractivity contribution is 7.92. The van der Waals surface area contributed by atoms with Gasteiger partial charge >= 0.3 is 0 Å². The number of sulfonamides is 1. The maximum absolute atomic E-state index is 12.6. The Morgan fingerprint density at radius 2 is 1.76 bits per heavy atom. The quantitative estimate of drug-likeness (QED) is 0.821. The molecule has 0 radical (unpaired) electrons. The first-order chi connectivity index (χ1) is 11.8. The number of likely N-dealkylation sites (N-methyl/N-ethyl adjacent to an activating group) is 1. The van der Waals surface area contributed by atoms with E-state index in [0.29, 0.717) is 18.7 Å². The van der Waals surface area contributed by atoms with Crippen LogP contribution in [0.4, 0.5) is 5.69 Å². The molecule has 0 spiro atoms. The van der Waals surface area contributed by atoms with Gasteiger partial charge in [0.1, 0.15) is 12.4 Å². The number of carbonyl (C=O) groups excluding carboxylic acids is 1. The molecule has 0 saturated heterocycles. The Bertz CT molecular complexity index is 832. The summed E-state index contributed by atoms with van der Waals surface area (Å²) in [4.78, 5) is 14.1. The van der Waals surface area contributed by atoms with Crippen molar-refractivity contribution in [2.45, 2.75) is 6.92 Å². The molecule has 0 fully saturated rings. The summed E-state index contributed by atoms with van der Waals surface area (Å²) in [6.45, 7) is 2.71. The summed E-state index contributed by atoms with van der Waals surface area (Å²) in [5.41, 5.74) is 1.71. The lowest BCUT2D eigenvalue weighted by atomic mass is 10.1. The number of hydrogen-bond donors (Lipinski definition) is 1. The van der Waals surface area contributed by atoms with Crippen LogP contribution in [0.2, 0.25) is 0 Å². The maximum Gasteiger partial charge on any atom is 0.255 e. The van der Waals surface area contributed by atoms with Gasteiger partial charge in [0.05, 0.1) is 24.1 Å². The summed E-state index contributed by atoms with van der Waals surface area (Å²) < 4.78 is 30.9. The number of nitrogens with zero attached hydrogens (tertiary/aromatic N) is 1. The molecule has 0 atom stereocenters. The molecule has 2 aromatic carbocycles. The van der Waals surface area contributed by atoms with Gasteiger partial charge in [-0.3, -0.25) is 9.52 Å². The number of ether oxygens (including phenoxy) is 1. The van der Waals surface area contributed by atoms with E-state index in [2.05, 4.69) is 4.72 Å². The number of benzene rings is 2. The van der Waals surface area contributed by atoms with E-state index in [9.17, 15) is 13.2 Å². The molecule has 6 nitrogen and oxygen atoms in total. The third kappa shape index (κ3) is 5.79. The predicted octanol–water partition coefficient (Wildman–Crippen LogP) is 2.52. The molecule has 1 N–H and O–H groups in total. The second-order valence-corrected chi connectivity index (χ2v) is 7.56. The second kappa shape index (κ2) is 8.02. The topological polar surface area (TPSA) is 75.7 Å². The van der Waals surface area contributed by atoms with E-state index in [1.165, 1.54) is 4.90 Å². The first-order valence-electron chi connectivity index (χ1n) is 7.78. The van der Waals surface area contributed by atoms with Crippen LogP contribution >= 0.6 is 0 Å². The molecule has 1 amide bonds. The molecule has 7 heteroatoms. The lowest BCUT2D eigenvalue weighted by Crippen LogP contribution is -2.31. The normalized spacial score (nSPS) is 11.0. The number of anilines is 1. The van der Waals surface area contributed by atoms with Crippen molar-refractivity contribution in [3.63, 3.8) is 0 Å². The van der Waals surface area contributed by atoms with Crippen molar-refractivity contribution in [3.05, 3.63) is 59.7 Å². The summed E-state index contributed by atoms with van der Waals surface area (Å²) >= 11 is 0. The van der Waals surface area contributed by atoms with Gasteiger partial charge in [-0.15, -0.1) is 0 Å². The van der Waals surface area contributed by atoms with Gasteiger partial charge in [-0.05, 0) is 31.2 Å². The van der Waals surface area contributed by atoms with E-state index >= 15 is 0 Å². The Kier molecular flexibility index (Phi) is 6.03. The van der Waals surface area contributed by atoms with E-state index in [4.69, 9.17) is 4.74 Å². The number of aryl methyl sites for hydroxylation is 1. The van der Waals surface area contributed by atoms with Crippen LogP contribution < -0.4 is 9.46 Å². The minimum Gasteiger partial charge on any atom is -0.492 e. The van der Waals surface area contributed by atoms with Crippen molar-refractivity contribution in [1.29, 1.82) is 0 Å². The lowest BCUT2D eigenvalue weighted by Gasteiger charge is -2.19. The molecule has 25 heavy (non-hydrogen) atoms. The van der Waals surface area contributed by atoms with Crippen LogP contribution in [0.5, 0.6) is 5.75 Å². The van der Waals surface area contributed by atoms with Gasteiger partial charge in [0.15, 0.2) is 0 Å². The summed E-state index contributed by atoms with van der Waals surface area (Å²) in [5, 5.41) is 0. The maximum atomic E-state index is 12.6. The number of rotatable bonds is 7. The van der Waals surface area contributed by atoms with Crippen molar-refractivity contribution in [3.8, 4) is 5.75 Å². The molecular formula is C18H22N2O4S. The Hall–Kier alpha value is -2.54. The van der Waals surface area contributed by atoms with Crippen LogP contribution in [0.3, 0.4) is 0 Å². The standard InChI is InChI=1S/C18H22N2O4S/c1-14-8-10-15(11-9-14)24-13-12-20(2)18(21)16-6-4-5-7-17(16)19-25(3,22)23/h4-11,19H,12-13H2,1-3H3. The minimum atomic E-state index is -3.46. The van der Waals surface area contributed by atoms with Crippen molar-refractivity contribution in [2.75, 3.05) is 31.2 Å². The highest BCUT2D eigenvalue weighted by Gasteiger charge is 2.17. The molecule has 0 aromatic heterocycles. The Morgan fingerprint density at radius 3 is 2.40 bits per heavy atom. The Balaban J connectivity index is 1.99. The van der Waals surface area contributed by atoms with Gasteiger partial charge in [0.2, 0.25) is 10.0 Å². The number of amides is 1. The molecule has 0 bridgehead atoms. The summed E-state index contributed by atoms with van der Waals surface area (Å²) in [7, 11) is -1.81. The van der Waals surface area contributed by atoms with Gasteiger partial charge in [0.25, 0.3) is 5.91 Å². The zero-order chi connectivity index (χ0) is 18.4. The van der Waals surface area contributed by atoms with Crippen LogP contribution in [0.25, 0.3) is 0 Å². The van der Waals surface area contributed by atoms with Crippen molar-refractivity contribution >= 4 is 21.6 Å². The monoisotopic (exact) mass is 362 g/mol. The molecule has 0 aliphatic heterocycles. The lowest BCUT2D eigenvalue weighted by molar-refractivity contribution is 0.0775. The van der Waals surface area contributed by atoms with Crippen molar-refractivity contribution in [1.82, 2.24) is 4.90 Å². The molecule has 0 saturated carbocycles. The molecular weight excluding hydrogens is 340 g/mol. The van der Waals surface area contributed by atoms with Gasteiger partial charge in [0, 0.05) is 7.05 Å². The molecule has 0 aliphatic rings. The van der Waals surface area contributed by atoms with Crippen LogP contribution in [0.15, 0.2) is 48.5 Å².